The normalized spacial score (nSPS) is 29.8. The lowest BCUT2D eigenvalue weighted by atomic mass is 9.82. The molecule has 0 bridgehead atoms. The molecule has 1 aromatic carbocycles. The van der Waals surface area contributed by atoms with Crippen LogP contribution in [0.25, 0.3) is 0 Å². The summed E-state index contributed by atoms with van der Waals surface area (Å²) in [5, 5.41) is 0. The Kier molecular flexibility index (Phi) is 4.18. The fourth-order valence-electron chi connectivity index (χ4n) is 3.76. The van der Waals surface area contributed by atoms with Gasteiger partial charge in [0.05, 0.1) is 0 Å². The number of nitrogens with two attached hydrogens (primary N) is 1. The topological polar surface area (TPSA) is 38.5 Å². The second kappa shape index (κ2) is 5.93. The second-order valence-electron chi connectivity index (χ2n) is 6.47. The van der Waals surface area contributed by atoms with Gasteiger partial charge in [0.2, 0.25) is 0 Å². The van der Waals surface area contributed by atoms with Gasteiger partial charge in [-0.05, 0) is 57.0 Å². The van der Waals surface area contributed by atoms with Crippen LogP contribution in [0.4, 0.5) is 4.39 Å². The first kappa shape index (κ1) is 14.8. The number of halogens is 1. The second-order valence-corrected chi connectivity index (χ2v) is 6.47. The maximum absolute atomic E-state index is 13.4. The van der Waals surface area contributed by atoms with Crippen LogP contribution in [0, 0.1) is 5.82 Å². The van der Waals surface area contributed by atoms with E-state index in [0.717, 1.165) is 56.6 Å². The summed E-state index contributed by atoms with van der Waals surface area (Å²) in [4.78, 5) is 2.52. The standard InChI is InChI=1S/C17H25FN2O/c1-2-8-20-9-3-6-17(7-10-20)12-15(19)14-11-13(18)4-5-16(14)21-17/h4-5,11,15H,2-3,6-10,12,19H2,1H3. The summed E-state index contributed by atoms with van der Waals surface area (Å²) < 4.78 is 19.7. The Morgan fingerprint density at radius 3 is 3.05 bits per heavy atom. The molecule has 2 heterocycles. The Labute approximate surface area is 126 Å². The van der Waals surface area contributed by atoms with Crippen LogP contribution in [0.3, 0.4) is 0 Å². The zero-order valence-electron chi connectivity index (χ0n) is 12.8. The first-order valence-corrected chi connectivity index (χ1v) is 8.08. The van der Waals surface area contributed by atoms with E-state index in [0.29, 0.717) is 0 Å². The van der Waals surface area contributed by atoms with Crippen molar-refractivity contribution in [3.63, 3.8) is 0 Å². The van der Waals surface area contributed by atoms with Gasteiger partial charge in [0, 0.05) is 24.6 Å². The number of fused-ring (bicyclic) bond motifs is 1. The van der Waals surface area contributed by atoms with E-state index in [1.165, 1.54) is 18.6 Å². The molecule has 1 saturated heterocycles. The van der Waals surface area contributed by atoms with Crippen LogP contribution >= 0.6 is 0 Å². The van der Waals surface area contributed by atoms with Crippen LogP contribution in [0.5, 0.6) is 5.75 Å². The molecule has 2 N–H and O–H groups in total. The minimum atomic E-state index is -0.237. The van der Waals surface area contributed by atoms with Gasteiger partial charge in [-0.1, -0.05) is 6.92 Å². The molecule has 2 aliphatic rings. The Bertz CT molecular complexity index is 508. The fourth-order valence-corrected chi connectivity index (χ4v) is 3.76. The van der Waals surface area contributed by atoms with Crippen LogP contribution in [0.1, 0.15) is 50.6 Å². The summed E-state index contributed by atoms with van der Waals surface area (Å²) in [5.41, 5.74) is 6.96. The molecule has 2 unspecified atom stereocenters. The molecule has 1 fully saturated rings. The lowest BCUT2D eigenvalue weighted by Crippen LogP contribution is -2.43. The van der Waals surface area contributed by atoms with E-state index < -0.39 is 0 Å². The van der Waals surface area contributed by atoms with E-state index >= 15 is 0 Å². The zero-order chi connectivity index (χ0) is 14.9. The van der Waals surface area contributed by atoms with E-state index in [2.05, 4.69) is 11.8 Å². The summed E-state index contributed by atoms with van der Waals surface area (Å²) >= 11 is 0. The Balaban J connectivity index is 1.79. The molecule has 0 aromatic heterocycles. The van der Waals surface area contributed by atoms with Crippen LogP contribution < -0.4 is 10.5 Å². The quantitative estimate of drug-likeness (QED) is 0.909. The first-order chi connectivity index (χ1) is 10.1. The van der Waals surface area contributed by atoms with Gasteiger partial charge in [-0.25, -0.2) is 4.39 Å². The monoisotopic (exact) mass is 292 g/mol. The summed E-state index contributed by atoms with van der Waals surface area (Å²) in [5.74, 6) is 0.540. The maximum atomic E-state index is 13.4. The minimum absolute atomic E-state index is 0.123. The highest BCUT2D eigenvalue weighted by atomic mass is 19.1. The fraction of sp³-hybridized carbons (Fsp3) is 0.647. The van der Waals surface area contributed by atoms with Gasteiger partial charge in [0.1, 0.15) is 17.2 Å². The van der Waals surface area contributed by atoms with E-state index in [9.17, 15) is 4.39 Å². The van der Waals surface area contributed by atoms with Crippen molar-refractivity contribution in [2.45, 2.75) is 50.7 Å². The van der Waals surface area contributed by atoms with Gasteiger partial charge in [-0.15, -0.1) is 0 Å². The SMILES string of the molecule is CCCN1CCCC2(CC1)CC(N)c1cc(F)ccc1O2. The molecule has 0 radical (unpaired) electrons. The van der Waals surface area contributed by atoms with Gasteiger partial charge < -0.3 is 15.4 Å². The van der Waals surface area contributed by atoms with E-state index in [-0.39, 0.29) is 17.5 Å². The summed E-state index contributed by atoms with van der Waals surface area (Å²) in [6.45, 7) is 5.59. The van der Waals surface area contributed by atoms with E-state index in [4.69, 9.17) is 10.5 Å². The molecular formula is C17H25FN2O. The van der Waals surface area contributed by atoms with Crippen molar-refractivity contribution in [2.24, 2.45) is 5.73 Å². The number of rotatable bonds is 2. The molecule has 21 heavy (non-hydrogen) atoms. The maximum Gasteiger partial charge on any atom is 0.125 e. The lowest BCUT2D eigenvalue weighted by Gasteiger charge is -2.41. The lowest BCUT2D eigenvalue weighted by molar-refractivity contribution is 0.0216. The largest absolute Gasteiger partial charge is 0.487 e. The number of hydrogen-bond donors (Lipinski definition) is 1. The van der Waals surface area contributed by atoms with Crippen molar-refractivity contribution < 1.29 is 9.13 Å². The first-order valence-electron chi connectivity index (χ1n) is 8.08. The average Bonchev–Trinajstić information content (AvgIpc) is 2.64. The third-order valence-electron chi connectivity index (χ3n) is 4.82. The highest BCUT2D eigenvalue weighted by Gasteiger charge is 2.40. The number of likely N-dealkylation sites (tertiary alicyclic amines) is 1. The van der Waals surface area contributed by atoms with Crippen molar-refractivity contribution in [1.29, 1.82) is 0 Å². The molecule has 1 spiro atoms. The number of hydrogen-bond acceptors (Lipinski definition) is 3. The highest BCUT2D eigenvalue weighted by Crippen LogP contribution is 2.43. The number of ether oxygens (including phenoxy) is 1. The highest BCUT2D eigenvalue weighted by molar-refractivity contribution is 5.39. The molecule has 116 valence electrons. The van der Waals surface area contributed by atoms with Crippen LogP contribution in [0.2, 0.25) is 0 Å². The molecule has 0 aliphatic carbocycles. The number of nitrogens with zero attached hydrogens (tertiary/aromatic N) is 1. The molecular weight excluding hydrogens is 267 g/mol. The molecule has 3 rings (SSSR count). The van der Waals surface area contributed by atoms with Crippen LogP contribution in [-0.2, 0) is 0 Å². The summed E-state index contributed by atoms with van der Waals surface area (Å²) in [7, 11) is 0. The summed E-state index contributed by atoms with van der Waals surface area (Å²) in [6, 6.07) is 4.60. The predicted molar refractivity (Wildman–Crippen MR) is 81.9 cm³/mol. The van der Waals surface area contributed by atoms with Crippen molar-refractivity contribution in [2.75, 3.05) is 19.6 Å². The van der Waals surface area contributed by atoms with E-state index in [1.807, 2.05) is 0 Å². The molecule has 0 amide bonds. The van der Waals surface area contributed by atoms with Gasteiger partial charge in [0.15, 0.2) is 0 Å². The Morgan fingerprint density at radius 2 is 2.24 bits per heavy atom. The smallest absolute Gasteiger partial charge is 0.125 e. The van der Waals surface area contributed by atoms with Crippen molar-refractivity contribution in [3.05, 3.63) is 29.6 Å². The third-order valence-corrected chi connectivity index (χ3v) is 4.82. The van der Waals surface area contributed by atoms with E-state index in [1.54, 1.807) is 6.07 Å². The molecule has 0 saturated carbocycles. The molecule has 3 nitrogen and oxygen atoms in total. The van der Waals surface area contributed by atoms with Crippen LogP contribution in [-0.4, -0.2) is 30.1 Å². The Hall–Kier alpha value is -1.13. The Morgan fingerprint density at radius 1 is 1.38 bits per heavy atom. The van der Waals surface area contributed by atoms with Crippen molar-refractivity contribution in [3.8, 4) is 5.75 Å². The molecule has 4 heteroatoms. The van der Waals surface area contributed by atoms with Gasteiger partial charge in [-0.2, -0.15) is 0 Å². The van der Waals surface area contributed by atoms with Gasteiger partial charge >= 0.3 is 0 Å². The number of benzene rings is 1. The van der Waals surface area contributed by atoms with Gasteiger partial charge in [0.25, 0.3) is 0 Å². The predicted octanol–water partition coefficient (Wildman–Crippen LogP) is 3.24. The average molecular weight is 292 g/mol. The van der Waals surface area contributed by atoms with Crippen molar-refractivity contribution >= 4 is 0 Å². The van der Waals surface area contributed by atoms with Crippen LogP contribution in [0.15, 0.2) is 18.2 Å². The molecule has 2 aliphatic heterocycles. The molecule has 2 atom stereocenters. The van der Waals surface area contributed by atoms with Gasteiger partial charge in [-0.3, -0.25) is 0 Å². The zero-order valence-corrected chi connectivity index (χ0v) is 12.8. The summed E-state index contributed by atoms with van der Waals surface area (Å²) in [6.07, 6.45) is 5.18. The molecule has 1 aromatic rings. The van der Waals surface area contributed by atoms with Crippen molar-refractivity contribution in [1.82, 2.24) is 4.90 Å². The minimum Gasteiger partial charge on any atom is -0.487 e. The third kappa shape index (κ3) is 3.06.